The minimum absolute atomic E-state index is 0.000484. The number of carboxylic acids is 1. The first-order chi connectivity index (χ1) is 9.90. The molecule has 1 aliphatic rings. The molecule has 0 unspecified atom stereocenters. The highest BCUT2D eigenvalue weighted by atomic mass is 35.5. The van der Waals surface area contributed by atoms with Crippen LogP contribution in [0.15, 0.2) is 23.1 Å². The molecule has 0 saturated carbocycles. The highest BCUT2D eigenvalue weighted by Gasteiger charge is 2.22. The third-order valence-electron chi connectivity index (χ3n) is 3.37. The van der Waals surface area contributed by atoms with Crippen LogP contribution in [-0.2, 0) is 14.8 Å². The number of ether oxygens (including phenoxy) is 1. The van der Waals surface area contributed by atoms with E-state index in [4.69, 9.17) is 21.4 Å². The largest absolute Gasteiger partial charge is 0.478 e. The summed E-state index contributed by atoms with van der Waals surface area (Å²) in [6, 6.07) is 3.60. The van der Waals surface area contributed by atoms with Gasteiger partial charge in [-0.1, -0.05) is 11.6 Å². The van der Waals surface area contributed by atoms with Gasteiger partial charge < -0.3 is 9.84 Å². The molecule has 116 valence electrons. The van der Waals surface area contributed by atoms with Gasteiger partial charge in [-0.2, -0.15) is 0 Å². The summed E-state index contributed by atoms with van der Waals surface area (Å²) in [6.07, 6.45) is 1.59. The molecule has 0 atom stereocenters. The highest BCUT2D eigenvalue weighted by Crippen LogP contribution is 2.23. The van der Waals surface area contributed by atoms with E-state index in [9.17, 15) is 13.2 Å². The van der Waals surface area contributed by atoms with E-state index in [1.165, 1.54) is 12.1 Å². The van der Waals surface area contributed by atoms with Gasteiger partial charge in [0.05, 0.1) is 10.6 Å². The first kappa shape index (κ1) is 16.2. The van der Waals surface area contributed by atoms with Crippen molar-refractivity contribution in [2.24, 2.45) is 5.92 Å². The lowest BCUT2D eigenvalue weighted by molar-refractivity contribution is 0.0677. The number of halogens is 1. The lowest BCUT2D eigenvalue weighted by Crippen LogP contribution is -2.32. The van der Waals surface area contributed by atoms with Gasteiger partial charge in [-0.05, 0) is 37.0 Å². The van der Waals surface area contributed by atoms with Gasteiger partial charge in [0, 0.05) is 19.8 Å². The maximum Gasteiger partial charge on any atom is 0.335 e. The van der Waals surface area contributed by atoms with Gasteiger partial charge in [-0.25, -0.2) is 17.9 Å². The average Bonchev–Trinajstić information content (AvgIpc) is 2.46. The van der Waals surface area contributed by atoms with Crippen molar-refractivity contribution in [3.8, 4) is 0 Å². The zero-order valence-electron chi connectivity index (χ0n) is 11.2. The van der Waals surface area contributed by atoms with Crippen LogP contribution < -0.4 is 4.72 Å². The quantitative estimate of drug-likeness (QED) is 0.856. The summed E-state index contributed by atoms with van der Waals surface area (Å²) in [7, 11) is -3.83. The third-order valence-corrected chi connectivity index (χ3v) is 5.28. The van der Waals surface area contributed by atoms with Gasteiger partial charge >= 0.3 is 5.97 Å². The molecule has 0 bridgehead atoms. The molecule has 1 aromatic rings. The Labute approximate surface area is 128 Å². The zero-order valence-corrected chi connectivity index (χ0v) is 12.8. The molecule has 2 N–H and O–H groups in total. The summed E-state index contributed by atoms with van der Waals surface area (Å²) in [5, 5.41) is 8.93. The van der Waals surface area contributed by atoms with Crippen LogP contribution in [0.4, 0.5) is 0 Å². The number of carbonyl (C=O) groups is 1. The predicted molar refractivity (Wildman–Crippen MR) is 77.1 cm³/mol. The molecule has 1 fully saturated rings. The Kier molecular flexibility index (Phi) is 5.21. The zero-order chi connectivity index (χ0) is 15.5. The lowest BCUT2D eigenvalue weighted by Gasteiger charge is -2.22. The second-order valence-corrected chi connectivity index (χ2v) is 7.00. The SMILES string of the molecule is O=C(O)c1ccc(Cl)c(S(=O)(=O)NCC2CCOCC2)c1. The Morgan fingerprint density at radius 1 is 1.38 bits per heavy atom. The van der Waals surface area contributed by atoms with Crippen LogP contribution in [0.3, 0.4) is 0 Å². The van der Waals surface area contributed by atoms with Gasteiger partial charge in [0.2, 0.25) is 10.0 Å². The average molecular weight is 334 g/mol. The molecule has 1 saturated heterocycles. The van der Waals surface area contributed by atoms with Crippen LogP contribution in [0, 0.1) is 5.92 Å². The summed E-state index contributed by atoms with van der Waals surface area (Å²) >= 11 is 5.87. The van der Waals surface area contributed by atoms with Crippen LogP contribution in [0.25, 0.3) is 0 Å². The fourth-order valence-electron chi connectivity index (χ4n) is 2.10. The molecule has 8 heteroatoms. The second kappa shape index (κ2) is 6.74. The molecule has 0 aliphatic carbocycles. The smallest absolute Gasteiger partial charge is 0.335 e. The van der Waals surface area contributed by atoms with Crippen LogP contribution in [0.1, 0.15) is 23.2 Å². The molecule has 0 spiro atoms. The van der Waals surface area contributed by atoms with Gasteiger partial charge in [0.1, 0.15) is 4.90 Å². The first-order valence-electron chi connectivity index (χ1n) is 6.50. The number of sulfonamides is 1. The molecule has 1 heterocycles. The van der Waals surface area contributed by atoms with E-state index < -0.39 is 16.0 Å². The van der Waals surface area contributed by atoms with Crippen molar-refractivity contribution in [1.29, 1.82) is 0 Å². The molecule has 0 aromatic heterocycles. The van der Waals surface area contributed by atoms with Crippen LogP contribution >= 0.6 is 11.6 Å². The van der Waals surface area contributed by atoms with Crippen LogP contribution in [0.5, 0.6) is 0 Å². The Hall–Kier alpha value is -1.15. The Balaban J connectivity index is 2.14. The van der Waals surface area contributed by atoms with Crippen molar-refractivity contribution >= 4 is 27.6 Å². The normalized spacial score (nSPS) is 16.8. The number of carboxylic acid groups (broad SMARTS) is 1. The molecule has 1 aliphatic heterocycles. The summed E-state index contributed by atoms with van der Waals surface area (Å²) in [5.74, 6) is -0.984. The van der Waals surface area contributed by atoms with E-state index in [1.54, 1.807) is 0 Å². The van der Waals surface area contributed by atoms with Crippen molar-refractivity contribution in [2.75, 3.05) is 19.8 Å². The topological polar surface area (TPSA) is 92.7 Å². The maximum absolute atomic E-state index is 12.3. The van der Waals surface area contributed by atoms with E-state index >= 15 is 0 Å². The summed E-state index contributed by atoms with van der Waals surface area (Å²) in [4.78, 5) is 10.7. The molecule has 0 radical (unpaired) electrons. The summed E-state index contributed by atoms with van der Waals surface area (Å²) in [5.41, 5.74) is -0.120. The highest BCUT2D eigenvalue weighted by molar-refractivity contribution is 7.89. The Morgan fingerprint density at radius 3 is 2.67 bits per heavy atom. The van der Waals surface area contributed by atoms with Crippen molar-refractivity contribution in [1.82, 2.24) is 4.72 Å². The number of nitrogens with one attached hydrogen (secondary N) is 1. The standard InChI is InChI=1S/C13H16ClNO5S/c14-11-2-1-10(13(16)17)7-12(11)21(18,19)15-8-9-3-5-20-6-4-9/h1-2,7,9,15H,3-6,8H2,(H,16,17). The summed E-state index contributed by atoms with van der Waals surface area (Å²) < 4.78 is 32.2. The van der Waals surface area contributed by atoms with Crippen LogP contribution in [0.2, 0.25) is 5.02 Å². The Bertz CT molecular complexity index is 625. The molecular formula is C13H16ClNO5S. The predicted octanol–water partition coefficient (Wildman–Crippen LogP) is 1.74. The molecule has 6 nitrogen and oxygen atoms in total. The molecule has 0 amide bonds. The monoisotopic (exact) mass is 333 g/mol. The van der Waals surface area contributed by atoms with E-state index in [-0.39, 0.29) is 21.4 Å². The molecule has 2 rings (SSSR count). The number of hydrogen-bond donors (Lipinski definition) is 2. The number of rotatable bonds is 5. The van der Waals surface area contributed by atoms with Gasteiger partial charge in [-0.3, -0.25) is 0 Å². The maximum atomic E-state index is 12.3. The fraction of sp³-hybridized carbons (Fsp3) is 0.462. The van der Waals surface area contributed by atoms with E-state index in [0.29, 0.717) is 19.8 Å². The molecule has 1 aromatic carbocycles. The van der Waals surface area contributed by atoms with Crippen LogP contribution in [-0.4, -0.2) is 39.3 Å². The van der Waals surface area contributed by atoms with Crippen molar-refractivity contribution < 1.29 is 23.1 Å². The van der Waals surface area contributed by atoms with Gasteiger partial charge in [-0.15, -0.1) is 0 Å². The number of hydrogen-bond acceptors (Lipinski definition) is 4. The second-order valence-electron chi connectivity index (χ2n) is 4.86. The third kappa shape index (κ3) is 4.16. The summed E-state index contributed by atoms with van der Waals surface area (Å²) in [6.45, 7) is 1.54. The van der Waals surface area contributed by atoms with E-state index in [1.807, 2.05) is 0 Å². The van der Waals surface area contributed by atoms with E-state index in [2.05, 4.69) is 4.72 Å². The lowest BCUT2D eigenvalue weighted by atomic mass is 10.0. The molecule has 21 heavy (non-hydrogen) atoms. The van der Waals surface area contributed by atoms with Gasteiger partial charge in [0.25, 0.3) is 0 Å². The number of aromatic carboxylic acids is 1. The fourth-order valence-corrected chi connectivity index (χ4v) is 3.74. The van der Waals surface area contributed by atoms with Gasteiger partial charge in [0.15, 0.2) is 0 Å². The number of benzene rings is 1. The van der Waals surface area contributed by atoms with Crippen molar-refractivity contribution in [3.63, 3.8) is 0 Å². The van der Waals surface area contributed by atoms with Crippen molar-refractivity contribution in [2.45, 2.75) is 17.7 Å². The minimum atomic E-state index is -3.83. The van der Waals surface area contributed by atoms with Crippen molar-refractivity contribution in [3.05, 3.63) is 28.8 Å². The first-order valence-corrected chi connectivity index (χ1v) is 8.36. The minimum Gasteiger partial charge on any atom is -0.478 e. The van der Waals surface area contributed by atoms with E-state index in [0.717, 1.165) is 18.9 Å². The Morgan fingerprint density at radius 2 is 2.05 bits per heavy atom. The molecular weight excluding hydrogens is 318 g/mol.